The lowest BCUT2D eigenvalue weighted by atomic mass is 9.93. The fraction of sp³-hybridized carbons (Fsp3) is 0.250. The molecule has 0 fully saturated rings. The van der Waals surface area contributed by atoms with Gasteiger partial charge in [-0.1, -0.05) is 28.1 Å². The fourth-order valence-electron chi connectivity index (χ4n) is 2.19. The summed E-state index contributed by atoms with van der Waals surface area (Å²) in [5.41, 5.74) is 4.69. The monoisotopic (exact) mass is 322 g/mol. The molecule has 0 saturated heterocycles. The maximum absolute atomic E-state index is 13.4. The van der Waals surface area contributed by atoms with Crippen LogP contribution >= 0.6 is 15.9 Å². The molecular weight excluding hydrogens is 307 g/mol. The number of aryl methyl sites for hydroxylation is 3. The van der Waals surface area contributed by atoms with Gasteiger partial charge >= 0.3 is 0 Å². The summed E-state index contributed by atoms with van der Waals surface area (Å²) in [5.74, 6) is -0.357. The number of hydrogen-bond donors (Lipinski definition) is 1. The molecule has 100 valence electrons. The van der Waals surface area contributed by atoms with Crippen LogP contribution in [0.5, 0.6) is 0 Å². The summed E-state index contributed by atoms with van der Waals surface area (Å²) in [7, 11) is 0. The topological polar surface area (TPSA) is 20.2 Å². The quantitative estimate of drug-likeness (QED) is 0.857. The predicted octanol–water partition coefficient (Wildman–Crippen LogP) is 4.60. The van der Waals surface area contributed by atoms with Crippen molar-refractivity contribution in [2.45, 2.75) is 26.9 Å². The van der Waals surface area contributed by atoms with Crippen LogP contribution < -0.4 is 0 Å². The maximum atomic E-state index is 13.4. The predicted molar refractivity (Wildman–Crippen MR) is 78.8 cm³/mol. The molecule has 0 aliphatic carbocycles. The van der Waals surface area contributed by atoms with Crippen LogP contribution in [0.25, 0.3) is 0 Å². The Morgan fingerprint density at radius 1 is 0.947 bits per heavy atom. The molecule has 2 rings (SSSR count). The minimum Gasteiger partial charge on any atom is -0.384 e. The Bertz CT molecular complexity index is 602. The summed E-state index contributed by atoms with van der Waals surface area (Å²) in [6.07, 6.45) is -0.814. The number of aliphatic hydroxyl groups is 1. The van der Waals surface area contributed by atoms with Crippen molar-refractivity contribution in [2.24, 2.45) is 0 Å². The van der Waals surface area contributed by atoms with Crippen LogP contribution in [0.4, 0.5) is 4.39 Å². The number of halogens is 2. The Morgan fingerprint density at radius 2 is 1.58 bits per heavy atom. The molecule has 3 heteroatoms. The van der Waals surface area contributed by atoms with Gasteiger partial charge in [0.05, 0.1) is 0 Å². The van der Waals surface area contributed by atoms with E-state index in [9.17, 15) is 9.50 Å². The van der Waals surface area contributed by atoms with Gasteiger partial charge in [0.25, 0.3) is 0 Å². The zero-order valence-corrected chi connectivity index (χ0v) is 12.8. The van der Waals surface area contributed by atoms with Crippen molar-refractivity contribution < 1.29 is 9.50 Å². The van der Waals surface area contributed by atoms with Gasteiger partial charge in [-0.25, -0.2) is 4.39 Å². The van der Waals surface area contributed by atoms with Crippen molar-refractivity contribution in [1.29, 1.82) is 0 Å². The molecule has 2 aromatic carbocycles. The molecule has 0 heterocycles. The summed E-state index contributed by atoms with van der Waals surface area (Å²) in [6.45, 7) is 6.00. The van der Waals surface area contributed by atoms with Gasteiger partial charge in [0.2, 0.25) is 0 Å². The van der Waals surface area contributed by atoms with Crippen molar-refractivity contribution in [3.63, 3.8) is 0 Å². The van der Waals surface area contributed by atoms with Gasteiger partial charge in [0, 0.05) is 4.47 Å². The summed E-state index contributed by atoms with van der Waals surface area (Å²) in [5, 5.41) is 10.4. The number of aliphatic hydroxyl groups excluding tert-OH is 1. The lowest BCUT2D eigenvalue weighted by molar-refractivity contribution is 0.219. The highest BCUT2D eigenvalue weighted by Gasteiger charge is 2.15. The first kappa shape index (κ1) is 14.2. The van der Waals surface area contributed by atoms with Crippen molar-refractivity contribution >= 4 is 15.9 Å². The Hall–Kier alpha value is -1.19. The van der Waals surface area contributed by atoms with Crippen LogP contribution in [0.1, 0.15) is 33.9 Å². The number of hydrogen-bond acceptors (Lipinski definition) is 1. The minimum absolute atomic E-state index is 0.357. The molecule has 1 unspecified atom stereocenters. The molecule has 1 atom stereocenters. The van der Waals surface area contributed by atoms with Gasteiger partial charge in [-0.15, -0.1) is 0 Å². The molecule has 2 aromatic rings. The zero-order valence-electron chi connectivity index (χ0n) is 11.2. The normalized spacial score (nSPS) is 12.5. The average molecular weight is 323 g/mol. The molecule has 0 spiro atoms. The molecule has 0 radical (unpaired) electrons. The smallest absolute Gasteiger partial charge is 0.124 e. The van der Waals surface area contributed by atoms with E-state index < -0.39 is 6.10 Å². The fourth-order valence-corrected chi connectivity index (χ4v) is 2.67. The summed E-state index contributed by atoms with van der Waals surface area (Å²) >= 11 is 3.25. The second-order valence-corrected chi connectivity index (χ2v) is 5.81. The summed E-state index contributed by atoms with van der Waals surface area (Å²) < 4.78 is 14.0. The summed E-state index contributed by atoms with van der Waals surface area (Å²) in [6, 6.07) is 8.49. The molecular formula is C16H16BrFO. The molecule has 1 nitrogen and oxygen atoms in total. The van der Waals surface area contributed by atoms with Crippen molar-refractivity contribution in [3.05, 3.63) is 68.4 Å². The van der Waals surface area contributed by atoms with Crippen LogP contribution in [-0.2, 0) is 0 Å². The minimum atomic E-state index is -0.814. The average Bonchev–Trinajstić information content (AvgIpc) is 2.31. The van der Waals surface area contributed by atoms with E-state index in [1.807, 2.05) is 32.9 Å². The first-order chi connectivity index (χ1) is 8.88. The largest absolute Gasteiger partial charge is 0.384 e. The third-order valence-electron chi connectivity index (χ3n) is 3.38. The van der Waals surface area contributed by atoms with Gasteiger partial charge in [0.1, 0.15) is 11.9 Å². The molecule has 0 aliphatic heterocycles. The molecule has 0 bridgehead atoms. The highest BCUT2D eigenvalue weighted by Crippen LogP contribution is 2.29. The van der Waals surface area contributed by atoms with Crippen LogP contribution in [0.2, 0.25) is 0 Å². The summed E-state index contributed by atoms with van der Waals surface area (Å²) in [4.78, 5) is 0. The Kier molecular flexibility index (Phi) is 4.07. The second kappa shape index (κ2) is 5.43. The van der Waals surface area contributed by atoms with Gasteiger partial charge in [0.15, 0.2) is 0 Å². The van der Waals surface area contributed by atoms with Crippen LogP contribution in [0.3, 0.4) is 0 Å². The molecule has 1 N–H and O–H groups in total. The van der Waals surface area contributed by atoms with Crippen LogP contribution in [-0.4, -0.2) is 5.11 Å². The second-order valence-electron chi connectivity index (χ2n) is 4.90. The van der Waals surface area contributed by atoms with Gasteiger partial charge in [-0.05, 0) is 66.8 Å². The van der Waals surface area contributed by atoms with Gasteiger partial charge in [-0.2, -0.15) is 0 Å². The number of rotatable bonds is 2. The van der Waals surface area contributed by atoms with Crippen LogP contribution in [0, 0.1) is 26.6 Å². The molecule has 0 aromatic heterocycles. The first-order valence-electron chi connectivity index (χ1n) is 6.10. The highest BCUT2D eigenvalue weighted by molar-refractivity contribution is 9.10. The van der Waals surface area contributed by atoms with Crippen LogP contribution in [0.15, 0.2) is 34.8 Å². The van der Waals surface area contributed by atoms with E-state index in [0.29, 0.717) is 10.0 Å². The zero-order chi connectivity index (χ0) is 14.2. The van der Waals surface area contributed by atoms with Gasteiger partial charge in [-0.3, -0.25) is 0 Å². The Balaban J connectivity index is 2.49. The molecule has 0 aliphatic rings. The van der Waals surface area contributed by atoms with E-state index in [1.165, 1.54) is 17.7 Å². The van der Waals surface area contributed by atoms with E-state index in [2.05, 4.69) is 15.9 Å². The molecule has 0 amide bonds. The first-order valence-corrected chi connectivity index (χ1v) is 6.89. The standard InChI is InChI=1S/C16H16BrFO/c1-9-4-11(3)15(5-10(9)2)16(19)12-6-13(17)8-14(18)7-12/h4-8,16,19H,1-3H3. The Labute approximate surface area is 121 Å². The van der Waals surface area contributed by atoms with Gasteiger partial charge < -0.3 is 5.11 Å². The molecule has 19 heavy (non-hydrogen) atoms. The third kappa shape index (κ3) is 3.04. The third-order valence-corrected chi connectivity index (χ3v) is 3.84. The number of benzene rings is 2. The van der Waals surface area contributed by atoms with Crippen molar-refractivity contribution in [2.75, 3.05) is 0 Å². The van der Waals surface area contributed by atoms with E-state index >= 15 is 0 Å². The highest BCUT2D eigenvalue weighted by atomic mass is 79.9. The molecule has 0 saturated carbocycles. The SMILES string of the molecule is Cc1cc(C)c(C(O)c2cc(F)cc(Br)c2)cc1C. The lowest BCUT2D eigenvalue weighted by Crippen LogP contribution is -2.04. The van der Waals surface area contributed by atoms with E-state index in [4.69, 9.17) is 0 Å². The van der Waals surface area contributed by atoms with E-state index in [1.54, 1.807) is 6.07 Å². The van der Waals surface area contributed by atoms with Crippen molar-refractivity contribution in [1.82, 2.24) is 0 Å². The van der Waals surface area contributed by atoms with Crippen molar-refractivity contribution in [3.8, 4) is 0 Å². The van der Waals surface area contributed by atoms with E-state index in [-0.39, 0.29) is 5.82 Å². The lowest BCUT2D eigenvalue weighted by Gasteiger charge is -2.17. The maximum Gasteiger partial charge on any atom is 0.124 e. The van der Waals surface area contributed by atoms with E-state index in [0.717, 1.165) is 16.7 Å². The Morgan fingerprint density at radius 3 is 2.21 bits per heavy atom.